The molecule has 1 atom stereocenters. The highest BCUT2D eigenvalue weighted by Crippen LogP contribution is 2.47. The summed E-state index contributed by atoms with van der Waals surface area (Å²) in [7, 11) is 0. The highest BCUT2D eigenvalue weighted by Gasteiger charge is 2.23. The van der Waals surface area contributed by atoms with Gasteiger partial charge in [0.2, 0.25) is 0 Å². The zero-order valence-electron chi connectivity index (χ0n) is 29.8. The molecular formula is C52H37NO. The molecule has 0 N–H and O–H groups in total. The van der Waals surface area contributed by atoms with Crippen LogP contribution in [0.5, 0.6) is 0 Å². The maximum atomic E-state index is 7.02. The van der Waals surface area contributed by atoms with Crippen molar-refractivity contribution in [3.05, 3.63) is 212 Å². The summed E-state index contributed by atoms with van der Waals surface area (Å²) in [6.07, 6.45) is 9.88. The molecule has 256 valence electrons. The Bertz CT molecular complexity index is 2730. The molecule has 2 heteroatoms. The van der Waals surface area contributed by atoms with Gasteiger partial charge in [0.25, 0.3) is 0 Å². The lowest BCUT2D eigenvalue weighted by molar-refractivity contribution is 0.673. The summed E-state index contributed by atoms with van der Waals surface area (Å²) < 4.78 is 7.02. The summed E-state index contributed by atoms with van der Waals surface area (Å²) in [6.45, 7) is 0. The Morgan fingerprint density at radius 3 is 1.52 bits per heavy atom. The largest absolute Gasteiger partial charge is 0.455 e. The van der Waals surface area contributed by atoms with E-state index in [9.17, 15) is 0 Å². The van der Waals surface area contributed by atoms with Crippen molar-refractivity contribution >= 4 is 49.8 Å². The monoisotopic (exact) mass is 691 g/mol. The van der Waals surface area contributed by atoms with E-state index in [1.807, 2.05) is 0 Å². The number of hydrogen-bond acceptors (Lipinski definition) is 2. The van der Waals surface area contributed by atoms with Crippen LogP contribution in [0.15, 0.2) is 211 Å². The van der Waals surface area contributed by atoms with E-state index in [2.05, 4.69) is 211 Å². The summed E-state index contributed by atoms with van der Waals surface area (Å²) >= 11 is 0. The van der Waals surface area contributed by atoms with Crippen LogP contribution >= 0.6 is 0 Å². The van der Waals surface area contributed by atoms with E-state index in [1.54, 1.807) is 0 Å². The molecule has 1 aliphatic carbocycles. The molecule has 0 saturated heterocycles. The number of benzene rings is 8. The first-order valence-corrected chi connectivity index (χ1v) is 18.7. The van der Waals surface area contributed by atoms with Crippen molar-refractivity contribution in [1.82, 2.24) is 0 Å². The Morgan fingerprint density at radius 2 is 0.944 bits per heavy atom. The number of allylic oxidation sites excluding steroid dienone is 4. The van der Waals surface area contributed by atoms with E-state index in [4.69, 9.17) is 4.42 Å². The third-order valence-electron chi connectivity index (χ3n) is 10.8. The second kappa shape index (κ2) is 13.6. The molecule has 1 aromatic heterocycles. The smallest absolute Gasteiger partial charge is 0.143 e. The molecule has 54 heavy (non-hydrogen) atoms. The van der Waals surface area contributed by atoms with Crippen LogP contribution in [-0.4, -0.2) is 0 Å². The first-order chi connectivity index (χ1) is 26.8. The summed E-state index contributed by atoms with van der Waals surface area (Å²) in [5.74, 6) is 0.300. The molecule has 0 saturated carbocycles. The number of anilines is 3. The van der Waals surface area contributed by atoms with Crippen LogP contribution in [0.25, 0.3) is 66.1 Å². The second-order valence-electron chi connectivity index (χ2n) is 14.0. The number of hydrogen-bond donors (Lipinski definition) is 0. The minimum absolute atomic E-state index is 0.300. The highest BCUT2D eigenvalue weighted by molar-refractivity contribution is 6.21. The second-order valence-corrected chi connectivity index (χ2v) is 14.0. The van der Waals surface area contributed by atoms with E-state index in [0.717, 1.165) is 67.3 Å². The number of rotatable bonds is 7. The summed E-state index contributed by atoms with van der Waals surface area (Å²) in [4.78, 5) is 2.40. The molecule has 0 spiro atoms. The molecule has 8 aromatic carbocycles. The van der Waals surface area contributed by atoms with E-state index in [0.29, 0.717) is 5.92 Å². The molecule has 0 bridgehead atoms. The van der Waals surface area contributed by atoms with Crippen molar-refractivity contribution in [3.63, 3.8) is 0 Å². The zero-order chi connectivity index (χ0) is 35.8. The quantitative estimate of drug-likeness (QED) is 0.165. The van der Waals surface area contributed by atoms with E-state index in [-0.39, 0.29) is 0 Å². The Labute approximate surface area is 315 Å². The predicted octanol–water partition coefficient (Wildman–Crippen LogP) is 14.8. The van der Waals surface area contributed by atoms with Crippen LogP contribution in [0.4, 0.5) is 17.1 Å². The maximum Gasteiger partial charge on any atom is 0.143 e. The van der Waals surface area contributed by atoms with Gasteiger partial charge in [-0.3, -0.25) is 0 Å². The Morgan fingerprint density at radius 1 is 0.426 bits per heavy atom. The van der Waals surface area contributed by atoms with Gasteiger partial charge in [0, 0.05) is 44.4 Å². The standard InChI is InChI=1S/C52H37NO/c1-5-15-36(16-6-1)39-25-29-43(30-26-39)53(44-31-27-40(28-32-44)37-17-7-2-8-18-37)50-35-49-48-34-42(38-19-9-3-10-20-38)33-47(41-21-11-4-12-22-41)52(48)54-51(49)46-24-14-13-23-45(46)50/h1-19,21-35,38H,20H2. The van der Waals surface area contributed by atoms with Gasteiger partial charge >= 0.3 is 0 Å². The molecule has 0 aliphatic heterocycles. The van der Waals surface area contributed by atoms with Crippen LogP contribution < -0.4 is 4.90 Å². The summed E-state index contributed by atoms with van der Waals surface area (Å²) in [5.41, 5.74) is 13.5. The number of nitrogens with zero attached hydrogens (tertiary/aromatic N) is 1. The van der Waals surface area contributed by atoms with Gasteiger partial charge in [-0.1, -0.05) is 164 Å². The SMILES string of the molecule is C1=CCC(c2cc(-c3ccccc3)c3oc4c5ccccc5c(N(c5ccc(-c6ccccc6)cc5)c5ccc(-c6ccccc6)cc5)cc4c3c2)C=C1. The maximum absolute atomic E-state index is 7.02. The molecule has 2 nitrogen and oxygen atoms in total. The molecule has 1 heterocycles. The van der Waals surface area contributed by atoms with Gasteiger partial charge < -0.3 is 9.32 Å². The van der Waals surface area contributed by atoms with Gasteiger partial charge in [0.05, 0.1) is 5.69 Å². The van der Waals surface area contributed by atoms with Crippen LogP contribution in [0.1, 0.15) is 17.9 Å². The topological polar surface area (TPSA) is 16.4 Å². The van der Waals surface area contributed by atoms with Gasteiger partial charge in [-0.2, -0.15) is 0 Å². The van der Waals surface area contributed by atoms with Crippen molar-refractivity contribution in [2.75, 3.05) is 4.90 Å². The van der Waals surface area contributed by atoms with Gasteiger partial charge in [0.15, 0.2) is 0 Å². The molecule has 10 rings (SSSR count). The average Bonchev–Trinajstić information content (AvgIpc) is 3.64. The predicted molar refractivity (Wildman–Crippen MR) is 228 cm³/mol. The molecule has 9 aromatic rings. The van der Waals surface area contributed by atoms with E-state index >= 15 is 0 Å². The van der Waals surface area contributed by atoms with Gasteiger partial charge in [-0.15, -0.1) is 0 Å². The van der Waals surface area contributed by atoms with E-state index < -0.39 is 0 Å². The van der Waals surface area contributed by atoms with Crippen molar-refractivity contribution in [3.8, 4) is 33.4 Å². The fourth-order valence-electron chi connectivity index (χ4n) is 8.06. The van der Waals surface area contributed by atoms with Gasteiger partial charge in [0.1, 0.15) is 11.2 Å². The van der Waals surface area contributed by atoms with Crippen molar-refractivity contribution in [1.29, 1.82) is 0 Å². The summed E-state index contributed by atoms with van der Waals surface area (Å²) in [6, 6.07) is 65.5. The minimum Gasteiger partial charge on any atom is -0.455 e. The Balaban J connectivity index is 1.22. The minimum atomic E-state index is 0.300. The first-order valence-electron chi connectivity index (χ1n) is 18.7. The molecule has 0 fully saturated rings. The third kappa shape index (κ3) is 5.70. The van der Waals surface area contributed by atoms with Crippen LogP contribution in [0, 0.1) is 0 Å². The lowest BCUT2D eigenvalue weighted by atomic mass is 9.88. The molecule has 0 radical (unpaired) electrons. The lowest BCUT2D eigenvalue weighted by Gasteiger charge is -2.27. The van der Waals surface area contributed by atoms with Crippen molar-refractivity contribution in [2.45, 2.75) is 12.3 Å². The zero-order valence-corrected chi connectivity index (χ0v) is 29.8. The summed E-state index contributed by atoms with van der Waals surface area (Å²) in [5, 5.41) is 4.47. The van der Waals surface area contributed by atoms with Crippen LogP contribution in [0.3, 0.4) is 0 Å². The number of furan rings is 1. The van der Waals surface area contributed by atoms with Crippen LogP contribution in [0.2, 0.25) is 0 Å². The van der Waals surface area contributed by atoms with Crippen molar-refractivity contribution in [2.24, 2.45) is 0 Å². The molecular weight excluding hydrogens is 655 g/mol. The first kappa shape index (κ1) is 31.8. The average molecular weight is 692 g/mol. The molecule has 0 amide bonds. The Hall–Kier alpha value is -6.90. The van der Waals surface area contributed by atoms with Crippen LogP contribution in [-0.2, 0) is 0 Å². The van der Waals surface area contributed by atoms with Crippen molar-refractivity contribution < 1.29 is 4.42 Å². The molecule has 1 aliphatic rings. The molecule has 1 unspecified atom stereocenters. The Kier molecular flexibility index (Phi) is 8.00. The third-order valence-corrected chi connectivity index (χ3v) is 10.8. The van der Waals surface area contributed by atoms with E-state index in [1.165, 1.54) is 27.8 Å². The van der Waals surface area contributed by atoms with Gasteiger partial charge in [-0.25, -0.2) is 0 Å². The van der Waals surface area contributed by atoms with Gasteiger partial charge in [-0.05, 0) is 82.3 Å². The number of fused-ring (bicyclic) bond motifs is 5. The highest BCUT2D eigenvalue weighted by atomic mass is 16.3. The lowest BCUT2D eigenvalue weighted by Crippen LogP contribution is -2.10. The fourth-order valence-corrected chi connectivity index (χ4v) is 8.06. The normalized spacial score (nSPS) is 13.9. The fraction of sp³-hybridized carbons (Fsp3) is 0.0385.